The van der Waals surface area contributed by atoms with E-state index in [9.17, 15) is 4.79 Å². The molecular weight excluding hydrogens is 292 g/mol. The van der Waals surface area contributed by atoms with E-state index in [1.165, 1.54) is 0 Å². The quantitative estimate of drug-likeness (QED) is 0.709. The van der Waals surface area contributed by atoms with Crippen molar-refractivity contribution in [3.63, 3.8) is 0 Å². The van der Waals surface area contributed by atoms with Crippen molar-refractivity contribution in [1.29, 1.82) is 0 Å². The number of rotatable bonds is 8. The van der Waals surface area contributed by atoms with Crippen LogP contribution in [0.5, 0.6) is 0 Å². The molecule has 0 spiro atoms. The molecule has 1 amide bonds. The summed E-state index contributed by atoms with van der Waals surface area (Å²) in [6, 6.07) is 4.36. The van der Waals surface area contributed by atoms with Crippen molar-refractivity contribution in [2.24, 2.45) is 0 Å². The molecule has 0 radical (unpaired) electrons. The molecule has 1 saturated heterocycles. The smallest absolute Gasteiger partial charge is 0.220 e. The summed E-state index contributed by atoms with van der Waals surface area (Å²) in [5.41, 5.74) is 1.11. The number of hydrogen-bond acceptors (Lipinski definition) is 5. The van der Waals surface area contributed by atoms with Gasteiger partial charge in [0.1, 0.15) is 5.82 Å². The highest BCUT2D eigenvalue weighted by Crippen LogP contribution is 2.09. The molecule has 0 aromatic carbocycles. The van der Waals surface area contributed by atoms with Crippen LogP contribution in [-0.4, -0.2) is 61.2 Å². The van der Waals surface area contributed by atoms with Crippen LogP contribution in [-0.2, 0) is 9.53 Å². The number of aryl methyl sites for hydroxylation is 1. The summed E-state index contributed by atoms with van der Waals surface area (Å²) in [6.45, 7) is 9.03. The molecule has 2 rings (SSSR count). The minimum Gasteiger partial charge on any atom is -0.379 e. The molecule has 0 bridgehead atoms. The van der Waals surface area contributed by atoms with Gasteiger partial charge in [0.05, 0.1) is 13.2 Å². The summed E-state index contributed by atoms with van der Waals surface area (Å²) in [5, 5.41) is 6.20. The number of carbonyl (C=O) groups excluding carboxylic acids is 1. The summed E-state index contributed by atoms with van der Waals surface area (Å²) in [6.07, 6.45) is 3.22. The lowest BCUT2D eigenvalue weighted by molar-refractivity contribution is -0.121. The first-order valence-electron chi connectivity index (χ1n) is 8.41. The van der Waals surface area contributed by atoms with Crippen LogP contribution < -0.4 is 10.6 Å². The molecule has 1 aromatic rings. The van der Waals surface area contributed by atoms with E-state index in [4.69, 9.17) is 4.74 Å². The second kappa shape index (κ2) is 9.47. The van der Waals surface area contributed by atoms with Gasteiger partial charge in [-0.1, -0.05) is 6.07 Å². The molecule has 1 unspecified atom stereocenters. The lowest BCUT2D eigenvalue weighted by atomic mass is 10.1. The van der Waals surface area contributed by atoms with E-state index in [0.717, 1.165) is 44.1 Å². The van der Waals surface area contributed by atoms with Gasteiger partial charge in [-0.2, -0.15) is 0 Å². The number of nitrogens with one attached hydrogen (secondary N) is 2. The SMILES string of the molecule is Cc1cccnc1NCCNC(=O)CCC(C)N1CCOCC1. The van der Waals surface area contributed by atoms with Crippen LogP contribution in [0.15, 0.2) is 18.3 Å². The van der Waals surface area contributed by atoms with Crippen molar-refractivity contribution < 1.29 is 9.53 Å². The van der Waals surface area contributed by atoms with Crippen molar-refractivity contribution in [1.82, 2.24) is 15.2 Å². The van der Waals surface area contributed by atoms with Gasteiger partial charge in [-0.3, -0.25) is 9.69 Å². The Labute approximate surface area is 138 Å². The summed E-state index contributed by atoms with van der Waals surface area (Å²) < 4.78 is 5.35. The second-order valence-corrected chi connectivity index (χ2v) is 5.98. The number of amides is 1. The fourth-order valence-corrected chi connectivity index (χ4v) is 2.68. The zero-order chi connectivity index (χ0) is 16.5. The number of hydrogen-bond donors (Lipinski definition) is 2. The van der Waals surface area contributed by atoms with Crippen LogP contribution in [0.3, 0.4) is 0 Å². The van der Waals surface area contributed by atoms with Crippen molar-refractivity contribution in [3.8, 4) is 0 Å². The van der Waals surface area contributed by atoms with Crippen LogP contribution in [0, 0.1) is 6.92 Å². The zero-order valence-corrected chi connectivity index (χ0v) is 14.2. The minimum atomic E-state index is 0.115. The lowest BCUT2D eigenvalue weighted by Crippen LogP contribution is -2.42. The van der Waals surface area contributed by atoms with E-state index in [2.05, 4.69) is 27.4 Å². The Bertz CT molecular complexity index is 489. The summed E-state index contributed by atoms with van der Waals surface area (Å²) in [5.74, 6) is 0.993. The van der Waals surface area contributed by atoms with Crippen LogP contribution >= 0.6 is 0 Å². The highest BCUT2D eigenvalue weighted by Gasteiger charge is 2.17. The van der Waals surface area contributed by atoms with E-state index in [0.29, 0.717) is 25.6 Å². The summed E-state index contributed by atoms with van der Waals surface area (Å²) in [7, 11) is 0. The molecule has 1 aromatic heterocycles. The largest absolute Gasteiger partial charge is 0.379 e. The Morgan fingerprint density at radius 3 is 2.91 bits per heavy atom. The number of aromatic nitrogens is 1. The molecule has 1 aliphatic heterocycles. The van der Waals surface area contributed by atoms with Crippen molar-refractivity contribution in [3.05, 3.63) is 23.9 Å². The van der Waals surface area contributed by atoms with E-state index >= 15 is 0 Å². The van der Waals surface area contributed by atoms with Gasteiger partial charge < -0.3 is 15.4 Å². The zero-order valence-electron chi connectivity index (χ0n) is 14.2. The molecule has 23 heavy (non-hydrogen) atoms. The monoisotopic (exact) mass is 320 g/mol. The Kier molecular flexibility index (Phi) is 7.29. The van der Waals surface area contributed by atoms with Gasteiger partial charge in [-0.05, 0) is 31.9 Å². The van der Waals surface area contributed by atoms with Crippen molar-refractivity contribution in [2.75, 3.05) is 44.7 Å². The van der Waals surface area contributed by atoms with E-state index in [-0.39, 0.29) is 5.91 Å². The number of anilines is 1. The van der Waals surface area contributed by atoms with E-state index < -0.39 is 0 Å². The summed E-state index contributed by atoms with van der Waals surface area (Å²) in [4.78, 5) is 18.6. The van der Waals surface area contributed by atoms with Gasteiger partial charge in [0.25, 0.3) is 0 Å². The Morgan fingerprint density at radius 1 is 1.39 bits per heavy atom. The van der Waals surface area contributed by atoms with Gasteiger partial charge in [0.2, 0.25) is 5.91 Å². The number of carbonyl (C=O) groups is 1. The predicted molar refractivity (Wildman–Crippen MR) is 91.6 cm³/mol. The van der Waals surface area contributed by atoms with Crippen LogP contribution in [0.25, 0.3) is 0 Å². The fourth-order valence-electron chi connectivity index (χ4n) is 2.68. The van der Waals surface area contributed by atoms with Gasteiger partial charge >= 0.3 is 0 Å². The molecule has 2 heterocycles. The maximum atomic E-state index is 11.9. The summed E-state index contributed by atoms with van der Waals surface area (Å²) >= 11 is 0. The number of pyridine rings is 1. The minimum absolute atomic E-state index is 0.115. The van der Waals surface area contributed by atoms with E-state index in [1.54, 1.807) is 6.20 Å². The van der Waals surface area contributed by atoms with Crippen LogP contribution in [0.4, 0.5) is 5.82 Å². The first kappa shape index (κ1) is 17.7. The lowest BCUT2D eigenvalue weighted by Gasteiger charge is -2.32. The molecule has 0 aliphatic carbocycles. The predicted octanol–water partition coefficient (Wildman–Crippen LogP) is 1.42. The first-order valence-corrected chi connectivity index (χ1v) is 8.41. The molecule has 2 N–H and O–H groups in total. The third-order valence-electron chi connectivity index (χ3n) is 4.21. The molecular formula is C17H28N4O2. The molecule has 1 atom stereocenters. The highest BCUT2D eigenvalue weighted by molar-refractivity contribution is 5.75. The van der Waals surface area contributed by atoms with E-state index in [1.807, 2.05) is 19.1 Å². The molecule has 1 fully saturated rings. The van der Waals surface area contributed by atoms with Crippen LogP contribution in [0.2, 0.25) is 0 Å². The Balaban J connectivity index is 1.57. The van der Waals surface area contributed by atoms with Crippen molar-refractivity contribution >= 4 is 11.7 Å². The van der Waals surface area contributed by atoms with Crippen LogP contribution in [0.1, 0.15) is 25.3 Å². The normalized spacial score (nSPS) is 16.8. The average Bonchev–Trinajstić information content (AvgIpc) is 2.59. The maximum Gasteiger partial charge on any atom is 0.220 e. The van der Waals surface area contributed by atoms with Gasteiger partial charge in [-0.15, -0.1) is 0 Å². The third kappa shape index (κ3) is 6.15. The second-order valence-electron chi connectivity index (χ2n) is 5.98. The van der Waals surface area contributed by atoms with Crippen molar-refractivity contribution in [2.45, 2.75) is 32.7 Å². The van der Waals surface area contributed by atoms with Gasteiger partial charge in [-0.25, -0.2) is 4.98 Å². The molecule has 0 saturated carbocycles. The highest BCUT2D eigenvalue weighted by atomic mass is 16.5. The number of morpholine rings is 1. The average molecular weight is 320 g/mol. The standard InChI is InChI=1S/C17H28N4O2/c1-14-4-3-7-19-17(14)20-9-8-18-16(22)6-5-15(2)21-10-12-23-13-11-21/h3-4,7,15H,5-6,8-13H2,1-2H3,(H,18,22)(H,19,20). The number of nitrogens with zero attached hydrogens (tertiary/aromatic N) is 2. The molecule has 1 aliphatic rings. The third-order valence-corrected chi connectivity index (χ3v) is 4.21. The van der Waals surface area contributed by atoms with Gasteiger partial charge in [0.15, 0.2) is 0 Å². The molecule has 6 heteroatoms. The Morgan fingerprint density at radius 2 is 2.17 bits per heavy atom. The maximum absolute atomic E-state index is 11.9. The first-order chi connectivity index (χ1) is 11.2. The van der Waals surface area contributed by atoms with Gasteiger partial charge in [0, 0.05) is 44.8 Å². The number of ether oxygens (including phenoxy) is 1. The fraction of sp³-hybridized carbons (Fsp3) is 0.647. The molecule has 128 valence electrons. The Hall–Kier alpha value is -1.66. The molecule has 6 nitrogen and oxygen atoms in total. The topological polar surface area (TPSA) is 66.5 Å².